The number of ether oxygens (including phenoxy) is 1. The van der Waals surface area contributed by atoms with E-state index in [4.69, 9.17) is 30.0 Å². The van der Waals surface area contributed by atoms with E-state index in [0.717, 1.165) is 44.5 Å². The lowest BCUT2D eigenvalue weighted by Crippen LogP contribution is -2.59. The maximum Gasteiger partial charge on any atom is 0.336 e. The highest BCUT2D eigenvalue weighted by molar-refractivity contribution is 5.88. The minimum atomic E-state index is -2.74. The van der Waals surface area contributed by atoms with Gasteiger partial charge in [0.15, 0.2) is 5.60 Å². The normalized spacial score (nSPS) is 14.7. The molecule has 1 saturated heterocycles. The van der Waals surface area contributed by atoms with E-state index in [1.54, 1.807) is 19.1 Å². The molecule has 1 amide bonds. The number of carboxylic acids is 3. The van der Waals surface area contributed by atoms with Crippen LogP contribution in [0.25, 0.3) is 0 Å². The third-order valence-electron chi connectivity index (χ3n) is 6.96. The molecule has 2 aromatic rings. The van der Waals surface area contributed by atoms with Gasteiger partial charge in [0.2, 0.25) is 5.91 Å². The molecular weight excluding hydrogens is 548 g/mol. The maximum atomic E-state index is 12.5. The van der Waals surface area contributed by atoms with Gasteiger partial charge in [-0.1, -0.05) is 60.7 Å². The van der Waals surface area contributed by atoms with Gasteiger partial charge >= 0.3 is 17.9 Å². The van der Waals surface area contributed by atoms with Gasteiger partial charge in [-0.05, 0) is 30.4 Å². The molecule has 0 saturated carbocycles. The van der Waals surface area contributed by atoms with Crippen molar-refractivity contribution in [1.82, 2.24) is 9.96 Å². The fourth-order valence-electron chi connectivity index (χ4n) is 4.79. The molecule has 0 bridgehead atoms. The van der Waals surface area contributed by atoms with Crippen molar-refractivity contribution in [2.45, 2.75) is 56.8 Å². The molecule has 3 rings (SSSR count). The summed E-state index contributed by atoms with van der Waals surface area (Å²) in [6.45, 7) is 5.31. The first-order valence-corrected chi connectivity index (χ1v) is 13.5. The number of rotatable bonds is 14. The Labute approximate surface area is 245 Å². The second-order valence-electron chi connectivity index (χ2n) is 10.3. The number of aliphatic carboxylic acids is 3. The molecule has 2 aromatic carbocycles. The molecule has 12 nitrogen and oxygen atoms in total. The van der Waals surface area contributed by atoms with Crippen molar-refractivity contribution in [2.24, 2.45) is 0 Å². The lowest BCUT2D eigenvalue weighted by Gasteiger charge is -2.47. The summed E-state index contributed by atoms with van der Waals surface area (Å²) < 4.78 is 5.54. The first-order chi connectivity index (χ1) is 19.9. The van der Waals surface area contributed by atoms with Crippen LogP contribution in [0.5, 0.6) is 0 Å². The van der Waals surface area contributed by atoms with Crippen LogP contribution < -0.4 is 0 Å². The molecule has 42 heavy (non-hydrogen) atoms. The standard InChI is InChI=1S/C24H32N2O3.C6H8O7/c1-21(27)26(29-19-23-11-7-4-8-12-23)24(20-28-2)14-17-25(18-15-24)16-13-22-9-5-3-6-10-22;7-3(8)1-6(13,5(11)12)2-4(9)10/h3-12H,13-20H2,1-2H3;13H,1-2H2,(H,7,8)(H,9,10)(H,11,12). The van der Waals surface area contributed by atoms with Crippen molar-refractivity contribution in [1.29, 1.82) is 0 Å². The van der Waals surface area contributed by atoms with E-state index in [2.05, 4.69) is 35.2 Å². The van der Waals surface area contributed by atoms with Crippen molar-refractivity contribution < 1.29 is 49.2 Å². The number of likely N-dealkylation sites (tertiary alicyclic amines) is 1. The van der Waals surface area contributed by atoms with Crippen LogP contribution in [0.2, 0.25) is 0 Å². The Balaban J connectivity index is 0.000000401. The Bertz CT molecular complexity index is 1140. The summed E-state index contributed by atoms with van der Waals surface area (Å²) in [4.78, 5) is 51.5. The third-order valence-corrected chi connectivity index (χ3v) is 6.96. The maximum absolute atomic E-state index is 12.5. The average molecular weight is 589 g/mol. The van der Waals surface area contributed by atoms with Crippen LogP contribution in [0.15, 0.2) is 60.7 Å². The van der Waals surface area contributed by atoms with Gasteiger partial charge in [0, 0.05) is 33.7 Å². The summed E-state index contributed by atoms with van der Waals surface area (Å²) in [7, 11) is 1.69. The van der Waals surface area contributed by atoms with Gasteiger partial charge in [-0.15, -0.1) is 0 Å². The number of benzene rings is 2. The molecule has 0 radical (unpaired) electrons. The van der Waals surface area contributed by atoms with E-state index in [1.165, 1.54) is 5.56 Å². The minimum absolute atomic E-state index is 0.0734. The number of hydrogen-bond donors (Lipinski definition) is 4. The first kappa shape index (κ1) is 34.4. The van der Waals surface area contributed by atoms with Gasteiger partial charge in [-0.2, -0.15) is 0 Å². The van der Waals surface area contributed by atoms with Crippen molar-refractivity contribution in [3.05, 3.63) is 71.8 Å². The average Bonchev–Trinajstić information content (AvgIpc) is 2.93. The molecule has 0 atom stereocenters. The zero-order chi connectivity index (χ0) is 31.2. The summed E-state index contributed by atoms with van der Waals surface area (Å²) in [6, 6.07) is 20.5. The Morgan fingerprint density at radius 1 is 0.881 bits per heavy atom. The van der Waals surface area contributed by atoms with Gasteiger partial charge in [0.25, 0.3) is 0 Å². The first-order valence-electron chi connectivity index (χ1n) is 13.5. The smallest absolute Gasteiger partial charge is 0.336 e. The minimum Gasteiger partial charge on any atom is -0.481 e. The molecule has 1 fully saturated rings. The number of nitrogens with zero attached hydrogens (tertiary/aromatic N) is 2. The fraction of sp³-hybridized carbons (Fsp3) is 0.467. The number of carbonyl (C=O) groups excluding carboxylic acids is 1. The van der Waals surface area contributed by atoms with Crippen LogP contribution in [-0.2, 0) is 41.8 Å². The lowest BCUT2D eigenvalue weighted by atomic mass is 9.87. The topological polar surface area (TPSA) is 174 Å². The van der Waals surface area contributed by atoms with E-state index >= 15 is 0 Å². The van der Waals surface area contributed by atoms with Gasteiger partial charge < -0.3 is 30.1 Å². The van der Waals surface area contributed by atoms with Gasteiger partial charge in [0.1, 0.15) is 6.61 Å². The van der Waals surface area contributed by atoms with Gasteiger partial charge in [0.05, 0.1) is 25.0 Å². The van der Waals surface area contributed by atoms with Crippen LogP contribution >= 0.6 is 0 Å². The summed E-state index contributed by atoms with van der Waals surface area (Å²) in [5.41, 5.74) is -0.750. The molecule has 1 aliphatic heterocycles. The highest BCUT2D eigenvalue weighted by Crippen LogP contribution is 2.31. The molecule has 1 heterocycles. The largest absolute Gasteiger partial charge is 0.481 e. The number of aliphatic hydroxyl groups is 1. The SMILES string of the molecule is COCC1(N(OCc2ccccc2)C(C)=O)CCN(CCc2ccccc2)CC1.O=C(O)CC(O)(CC(=O)O)C(=O)O. The van der Waals surface area contributed by atoms with Crippen molar-refractivity contribution >= 4 is 23.8 Å². The number of hydroxylamine groups is 2. The van der Waals surface area contributed by atoms with Crippen LogP contribution in [0, 0.1) is 0 Å². The molecular formula is C30H40N2O10. The van der Waals surface area contributed by atoms with Crippen molar-refractivity contribution in [3.63, 3.8) is 0 Å². The number of methoxy groups -OCH3 is 1. The molecule has 0 unspecified atom stereocenters. The molecule has 12 heteroatoms. The molecule has 1 aliphatic rings. The molecule has 4 N–H and O–H groups in total. The van der Waals surface area contributed by atoms with E-state index < -0.39 is 41.9 Å². The third kappa shape index (κ3) is 10.9. The zero-order valence-corrected chi connectivity index (χ0v) is 24.0. The number of carboxylic acid groups (broad SMARTS) is 3. The summed E-state index contributed by atoms with van der Waals surface area (Å²) >= 11 is 0. The number of hydrogen-bond acceptors (Lipinski definition) is 8. The predicted octanol–water partition coefficient (Wildman–Crippen LogP) is 2.44. The van der Waals surface area contributed by atoms with Gasteiger partial charge in [-0.25, -0.2) is 9.86 Å². The summed E-state index contributed by atoms with van der Waals surface area (Å²) in [5, 5.41) is 35.4. The summed E-state index contributed by atoms with van der Waals surface area (Å²) in [5.74, 6) is -5.09. The molecule has 230 valence electrons. The van der Waals surface area contributed by atoms with Crippen molar-refractivity contribution in [2.75, 3.05) is 33.4 Å². The van der Waals surface area contributed by atoms with Gasteiger partial charge in [-0.3, -0.25) is 19.2 Å². The second kappa shape index (κ2) is 16.6. The van der Waals surface area contributed by atoms with Crippen LogP contribution in [-0.4, -0.2) is 98.7 Å². The Kier molecular flexibility index (Phi) is 13.6. The molecule has 0 aliphatic carbocycles. The number of piperidine rings is 1. The predicted molar refractivity (Wildman–Crippen MR) is 151 cm³/mol. The van der Waals surface area contributed by atoms with Crippen LogP contribution in [0.4, 0.5) is 0 Å². The van der Waals surface area contributed by atoms with Crippen LogP contribution in [0.1, 0.15) is 43.7 Å². The van der Waals surface area contributed by atoms with E-state index in [1.807, 2.05) is 30.3 Å². The number of amides is 1. The highest BCUT2D eigenvalue weighted by atomic mass is 16.7. The van der Waals surface area contributed by atoms with Crippen LogP contribution in [0.3, 0.4) is 0 Å². The summed E-state index contributed by atoms with van der Waals surface area (Å²) in [6.07, 6.45) is 0.427. The fourth-order valence-corrected chi connectivity index (χ4v) is 4.79. The Morgan fingerprint density at radius 2 is 1.38 bits per heavy atom. The molecule has 0 aromatic heterocycles. The van der Waals surface area contributed by atoms with E-state index in [9.17, 15) is 19.2 Å². The van der Waals surface area contributed by atoms with E-state index in [0.29, 0.717) is 13.2 Å². The number of carbonyl (C=O) groups is 4. The second-order valence-corrected chi connectivity index (χ2v) is 10.3. The monoisotopic (exact) mass is 588 g/mol. The molecule has 0 spiro atoms. The lowest BCUT2D eigenvalue weighted by molar-refractivity contribution is -0.243. The van der Waals surface area contributed by atoms with Crippen molar-refractivity contribution in [3.8, 4) is 0 Å². The zero-order valence-electron chi connectivity index (χ0n) is 24.0. The Morgan fingerprint density at radius 3 is 1.81 bits per heavy atom. The van der Waals surface area contributed by atoms with E-state index in [-0.39, 0.29) is 5.91 Å². The quantitative estimate of drug-likeness (QED) is 0.239. The highest BCUT2D eigenvalue weighted by Gasteiger charge is 2.43. The Hall–Kier alpha value is -3.84.